The highest BCUT2D eigenvalue weighted by molar-refractivity contribution is 7.15. The Morgan fingerprint density at radius 3 is 2.64 bits per heavy atom. The molecule has 1 heterocycles. The number of nitro benzene ring substituents is 1. The number of nitrogens with zero attached hydrogens (tertiary/aromatic N) is 2. The second kappa shape index (κ2) is 8.53. The molecule has 0 fully saturated rings. The number of rotatable bonds is 7. The van der Waals surface area contributed by atoms with Gasteiger partial charge < -0.3 is 4.74 Å². The van der Waals surface area contributed by atoms with Gasteiger partial charge in [-0.2, -0.15) is 0 Å². The third-order valence-electron chi connectivity index (χ3n) is 3.60. The van der Waals surface area contributed by atoms with Crippen molar-refractivity contribution < 1.29 is 23.2 Å². The average molecular weight is 405 g/mol. The first-order valence-electron chi connectivity index (χ1n) is 7.96. The summed E-state index contributed by atoms with van der Waals surface area (Å²) in [4.78, 5) is 26.7. The predicted molar refractivity (Wildman–Crippen MR) is 98.5 cm³/mol. The van der Waals surface area contributed by atoms with Crippen LogP contribution < -0.4 is 10.1 Å². The van der Waals surface area contributed by atoms with Crippen LogP contribution in [0.15, 0.2) is 48.7 Å². The molecule has 0 aliphatic carbocycles. The van der Waals surface area contributed by atoms with Crippen LogP contribution in [-0.2, 0) is 11.2 Å². The monoisotopic (exact) mass is 405 g/mol. The number of nitrogens with one attached hydrogen (secondary N) is 1. The molecule has 144 valence electrons. The maximum Gasteiger partial charge on any atom is 0.269 e. The second-order valence-corrected chi connectivity index (χ2v) is 6.75. The number of aromatic nitrogens is 1. The number of benzene rings is 2. The molecule has 0 atom stereocenters. The number of halogens is 2. The average Bonchev–Trinajstić information content (AvgIpc) is 3.09. The Morgan fingerprint density at radius 2 is 1.96 bits per heavy atom. The van der Waals surface area contributed by atoms with Gasteiger partial charge in [0, 0.05) is 35.7 Å². The minimum atomic E-state index is -0.647. The van der Waals surface area contributed by atoms with Crippen molar-refractivity contribution in [2.24, 2.45) is 0 Å². The van der Waals surface area contributed by atoms with Crippen molar-refractivity contribution in [1.82, 2.24) is 4.98 Å². The number of hydrogen-bond acceptors (Lipinski definition) is 6. The summed E-state index contributed by atoms with van der Waals surface area (Å²) in [5.74, 6) is -1.44. The standard InChI is InChI=1S/C18H13F2N3O4S/c19-12-2-1-11(16(20)8-12)7-15-9-21-18(28-15)22-17(24)10-27-14-5-3-13(4-6-14)23(25)26/h1-6,8-9H,7,10H2,(H,21,22,24). The number of amides is 1. The van der Waals surface area contributed by atoms with E-state index in [4.69, 9.17) is 4.74 Å². The van der Waals surface area contributed by atoms with Crippen molar-refractivity contribution >= 4 is 28.1 Å². The fraction of sp³-hybridized carbons (Fsp3) is 0.111. The van der Waals surface area contributed by atoms with Crippen molar-refractivity contribution in [3.05, 3.63) is 80.9 Å². The summed E-state index contributed by atoms with van der Waals surface area (Å²) in [7, 11) is 0. The maximum atomic E-state index is 13.7. The Bertz CT molecular complexity index is 1010. The van der Waals surface area contributed by atoms with Gasteiger partial charge >= 0.3 is 0 Å². The first-order valence-corrected chi connectivity index (χ1v) is 8.78. The highest BCUT2D eigenvalue weighted by atomic mass is 32.1. The van der Waals surface area contributed by atoms with Crippen molar-refractivity contribution in [2.75, 3.05) is 11.9 Å². The maximum absolute atomic E-state index is 13.7. The van der Waals surface area contributed by atoms with E-state index in [-0.39, 0.29) is 18.7 Å². The number of carbonyl (C=O) groups excluding carboxylic acids is 1. The molecule has 10 heteroatoms. The lowest BCUT2D eigenvalue weighted by atomic mass is 10.1. The van der Waals surface area contributed by atoms with Gasteiger partial charge in [-0.3, -0.25) is 20.2 Å². The van der Waals surface area contributed by atoms with E-state index in [1.165, 1.54) is 42.6 Å². The van der Waals surface area contributed by atoms with Crippen LogP contribution in [0.3, 0.4) is 0 Å². The molecule has 0 unspecified atom stereocenters. The van der Waals surface area contributed by atoms with Gasteiger partial charge in [-0.1, -0.05) is 6.07 Å². The molecular formula is C18H13F2N3O4S. The molecular weight excluding hydrogens is 392 g/mol. The zero-order valence-electron chi connectivity index (χ0n) is 14.2. The summed E-state index contributed by atoms with van der Waals surface area (Å²) in [6.07, 6.45) is 1.72. The van der Waals surface area contributed by atoms with Gasteiger partial charge in [0.2, 0.25) is 0 Å². The molecule has 0 aliphatic rings. The first kappa shape index (κ1) is 19.4. The van der Waals surface area contributed by atoms with Crippen molar-refractivity contribution in [2.45, 2.75) is 6.42 Å². The molecule has 0 saturated carbocycles. The molecule has 0 aliphatic heterocycles. The Morgan fingerprint density at radius 1 is 1.21 bits per heavy atom. The Hall–Kier alpha value is -3.40. The smallest absolute Gasteiger partial charge is 0.269 e. The lowest BCUT2D eigenvalue weighted by Crippen LogP contribution is -2.19. The van der Waals surface area contributed by atoms with Crippen LogP contribution in [0.5, 0.6) is 5.75 Å². The molecule has 28 heavy (non-hydrogen) atoms. The fourth-order valence-electron chi connectivity index (χ4n) is 2.27. The molecule has 0 spiro atoms. The second-order valence-electron chi connectivity index (χ2n) is 5.63. The van der Waals surface area contributed by atoms with Crippen molar-refractivity contribution in [1.29, 1.82) is 0 Å². The first-order chi connectivity index (χ1) is 13.4. The topological polar surface area (TPSA) is 94.4 Å². The number of carbonyl (C=O) groups is 1. The lowest BCUT2D eigenvalue weighted by molar-refractivity contribution is -0.384. The van der Waals surface area contributed by atoms with Crippen LogP contribution >= 0.6 is 11.3 Å². The SMILES string of the molecule is O=C(COc1ccc([N+](=O)[O-])cc1)Nc1ncc(Cc2ccc(F)cc2F)s1. The number of thiazole rings is 1. The highest BCUT2D eigenvalue weighted by Crippen LogP contribution is 2.23. The zero-order valence-corrected chi connectivity index (χ0v) is 15.0. The molecule has 1 aromatic heterocycles. The Labute approximate surface area is 161 Å². The van der Waals surface area contributed by atoms with Gasteiger partial charge in [0.25, 0.3) is 11.6 Å². The molecule has 0 radical (unpaired) electrons. The van der Waals surface area contributed by atoms with Crippen LogP contribution in [0.2, 0.25) is 0 Å². The molecule has 0 saturated heterocycles. The summed E-state index contributed by atoms with van der Waals surface area (Å²) in [6.45, 7) is -0.306. The Balaban J connectivity index is 1.52. The van der Waals surface area contributed by atoms with Gasteiger partial charge in [0.05, 0.1) is 4.92 Å². The minimum absolute atomic E-state index is 0.0790. The molecule has 2 aromatic carbocycles. The van der Waals surface area contributed by atoms with E-state index in [0.717, 1.165) is 17.4 Å². The number of ether oxygens (including phenoxy) is 1. The number of anilines is 1. The third kappa shape index (κ3) is 5.07. The quantitative estimate of drug-likeness (QED) is 0.475. The summed E-state index contributed by atoms with van der Waals surface area (Å²) in [5.41, 5.74) is 0.245. The zero-order chi connectivity index (χ0) is 20.1. The van der Waals surface area contributed by atoms with Gasteiger partial charge in [-0.15, -0.1) is 11.3 Å². The van der Waals surface area contributed by atoms with Gasteiger partial charge in [0.1, 0.15) is 17.4 Å². The number of hydrogen-bond donors (Lipinski definition) is 1. The van der Waals surface area contributed by atoms with Crippen LogP contribution in [0.4, 0.5) is 19.6 Å². The summed E-state index contributed by atoms with van der Waals surface area (Å²) in [5, 5.41) is 13.5. The molecule has 3 rings (SSSR count). The Kier molecular flexibility index (Phi) is 5.90. The molecule has 1 amide bonds. The summed E-state index contributed by atoms with van der Waals surface area (Å²) in [6, 6.07) is 8.69. The van der Waals surface area contributed by atoms with E-state index in [9.17, 15) is 23.7 Å². The lowest BCUT2D eigenvalue weighted by Gasteiger charge is -2.05. The van der Waals surface area contributed by atoms with E-state index in [1.807, 2.05) is 0 Å². The van der Waals surface area contributed by atoms with Gasteiger partial charge in [-0.05, 0) is 23.8 Å². The largest absolute Gasteiger partial charge is 0.484 e. The van der Waals surface area contributed by atoms with Crippen molar-refractivity contribution in [3.8, 4) is 5.75 Å². The van der Waals surface area contributed by atoms with E-state index in [1.54, 1.807) is 0 Å². The van der Waals surface area contributed by atoms with E-state index < -0.39 is 22.5 Å². The van der Waals surface area contributed by atoms with Crippen LogP contribution in [0.1, 0.15) is 10.4 Å². The van der Waals surface area contributed by atoms with E-state index in [2.05, 4.69) is 10.3 Å². The van der Waals surface area contributed by atoms with Gasteiger partial charge in [0.15, 0.2) is 11.7 Å². The highest BCUT2D eigenvalue weighted by Gasteiger charge is 2.11. The number of nitro groups is 1. The van der Waals surface area contributed by atoms with Crippen LogP contribution in [0, 0.1) is 21.7 Å². The molecule has 0 bridgehead atoms. The minimum Gasteiger partial charge on any atom is -0.484 e. The van der Waals surface area contributed by atoms with Crippen molar-refractivity contribution in [3.63, 3.8) is 0 Å². The van der Waals surface area contributed by atoms with Gasteiger partial charge in [-0.25, -0.2) is 13.8 Å². The molecule has 1 N–H and O–H groups in total. The van der Waals surface area contributed by atoms with Crippen LogP contribution in [-0.4, -0.2) is 22.4 Å². The normalized spacial score (nSPS) is 10.5. The molecule has 3 aromatic rings. The third-order valence-corrected chi connectivity index (χ3v) is 4.51. The predicted octanol–water partition coefficient (Wildman–Crippen LogP) is 3.94. The van der Waals surface area contributed by atoms with E-state index >= 15 is 0 Å². The summed E-state index contributed by atoms with van der Waals surface area (Å²) < 4.78 is 31.9. The number of non-ortho nitro benzene ring substituents is 1. The molecule has 7 nitrogen and oxygen atoms in total. The fourth-order valence-corrected chi connectivity index (χ4v) is 3.12. The summed E-state index contributed by atoms with van der Waals surface area (Å²) >= 11 is 1.16. The van der Waals surface area contributed by atoms with E-state index in [0.29, 0.717) is 21.3 Å². The van der Waals surface area contributed by atoms with Crippen LogP contribution in [0.25, 0.3) is 0 Å².